The highest BCUT2D eigenvalue weighted by Gasteiger charge is 2.44. The fourth-order valence-electron chi connectivity index (χ4n) is 2.47. The number of aromatic amines is 1. The molecule has 2 N–H and O–H groups in total. The van der Waals surface area contributed by atoms with E-state index in [1.165, 1.54) is 11.9 Å². The monoisotopic (exact) mass is 290 g/mol. The van der Waals surface area contributed by atoms with Gasteiger partial charge in [-0.1, -0.05) is 0 Å². The quantitative estimate of drug-likeness (QED) is 0.867. The van der Waals surface area contributed by atoms with E-state index in [-0.39, 0.29) is 30.6 Å². The highest BCUT2D eigenvalue weighted by Crippen LogP contribution is 2.30. The predicted molar refractivity (Wildman–Crippen MR) is 66.3 cm³/mol. The van der Waals surface area contributed by atoms with Gasteiger partial charge in [0.2, 0.25) is 0 Å². The molecule has 2 rings (SSSR count). The molecule has 0 aromatic carbocycles. The van der Waals surface area contributed by atoms with Gasteiger partial charge in [-0.25, -0.2) is 0 Å². The van der Waals surface area contributed by atoms with Crippen molar-refractivity contribution in [2.75, 3.05) is 13.6 Å². The first-order valence-corrected chi connectivity index (χ1v) is 6.37. The molecule has 1 aliphatic rings. The third kappa shape index (κ3) is 3.30. The Morgan fingerprint density at radius 2 is 2.20 bits per heavy atom. The summed E-state index contributed by atoms with van der Waals surface area (Å²) in [7, 11) is 1.43. The standard InChI is InChI=1S/C12H17F3N4O/c1-7-5-9(18-17-7)11(20)16-8-3-4-10(12(13,14)15)19(2)6-8/h5,8,10H,3-4,6H2,1-2H3,(H,16,20)(H,17,18)/t8-,10-/m1/s1. The Bertz CT molecular complexity index is 485. The van der Waals surface area contributed by atoms with E-state index >= 15 is 0 Å². The normalized spacial score (nSPS) is 24.6. The molecule has 0 radical (unpaired) electrons. The van der Waals surface area contributed by atoms with Gasteiger partial charge in [0.25, 0.3) is 5.91 Å². The molecule has 112 valence electrons. The molecule has 2 atom stereocenters. The topological polar surface area (TPSA) is 61.0 Å². The second-order valence-electron chi connectivity index (χ2n) is 5.18. The maximum atomic E-state index is 12.7. The lowest BCUT2D eigenvalue weighted by atomic mass is 9.98. The SMILES string of the molecule is Cc1cc(C(=O)N[C@@H]2CC[C@H](C(F)(F)F)N(C)C2)n[nH]1. The van der Waals surface area contributed by atoms with Gasteiger partial charge in [0.15, 0.2) is 0 Å². The molecule has 8 heteroatoms. The average molecular weight is 290 g/mol. The van der Waals surface area contributed by atoms with Gasteiger partial charge < -0.3 is 5.32 Å². The van der Waals surface area contributed by atoms with Gasteiger partial charge in [-0.3, -0.25) is 14.8 Å². The lowest BCUT2D eigenvalue weighted by molar-refractivity contribution is -0.188. The first kappa shape index (κ1) is 14.8. The average Bonchev–Trinajstić information content (AvgIpc) is 2.74. The molecule has 1 aromatic rings. The first-order valence-electron chi connectivity index (χ1n) is 6.37. The number of halogens is 3. The van der Waals surface area contributed by atoms with Crippen molar-refractivity contribution in [1.29, 1.82) is 0 Å². The predicted octanol–water partition coefficient (Wildman–Crippen LogP) is 1.47. The minimum atomic E-state index is -4.22. The van der Waals surface area contributed by atoms with Crippen LogP contribution in [0.2, 0.25) is 0 Å². The zero-order valence-electron chi connectivity index (χ0n) is 11.3. The van der Waals surface area contributed by atoms with Crippen LogP contribution in [0.25, 0.3) is 0 Å². The van der Waals surface area contributed by atoms with Crippen molar-refractivity contribution >= 4 is 5.91 Å². The molecular weight excluding hydrogens is 273 g/mol. The van der Waals surface area contributed by atoms with E-state index in [1.54, 1.807) is 13.0 Å². The van der Waals surface area contributed by atoms with Crippen LogP contribution in [0.15, 0.2) is 6.07 Å². The Labute approximate surface area is 114 Å². The summed E-state index contributed by atoms with van der Waals surface area (Å²) in [5.74, 6) is -0.363. The Kier molecular flexibility index (Phi) is 4.03. The zero-order chi connectivity index (χ0) is 14.9. The Morgan fingerprint density at radius 3 is 2.70 bits per heavy atom. The van der Waals surface area contributed by atoms with E-state index in [2.05, 4.69) is 15.5 Å². The van der Waals surface area contributed by atoms with Crippen LogP contribution >= 0.6 is 0 Å². The fourth-order valence-corrected chi connectivity index (χ4v) is 2.47. The summed E-state index contributed by atoms with van der Waals surface area (Å²) >= 11 is 0. The molecule has 1 aromatic heterocycles. The largest absolute Gasteiger partial charge is 0.404 e. The Balaban J connectivity index is 1.92. The molecule has 0 unspecified atom stereocenters. The number of rotatable bonds is 2. The van der Waals surface area contributed by atoms with Crippen LogP contribution in [0.1, 0.15) is 29.0 Å². The molecule has 1 aliphatic heterocycles. The zero-order valence-corrected chi connectivity index (χ0v) is 11.3. The summed E-state index contributed by atoms with van der Waals surface area (Å²) in [6.45, 7) is 1.95. The number of piperidine rings is 1. The lowest BCUT2D eigenvalue weighted by Crippen LogP contribution is -2.54. The van der Waals surface area contributed by atoms with Crippen LogP contribution in [0, 0.1) is 6.92 Å². The molecular formula is C12H17F3N4O. The summed E-state index contributed by atoms with van der Waals surface area (Å²) in [4.78, 5) is 13.1. The van der Waals surface area contributed by atoms with Gasteiger partial charge in [-0.2, -0.15) is 18.3 Å². The van der Waals surface area contributed by atoms with Crippen LogP contribution in [-0.2, 0) is 0 Å². The van der Waals surface area contributed by atoms with Gasteiger partial charge >= 0.3 is 6.18 Å². The number of likely N-dealkylation sites (N-methyl/N-ethyl adjacent to an activating group) is 1. The smallest absolute Gasteiger partial charge is 0.347 e. The van der Waals surface area contributed by atoms with E-state index in [9.17, 15) is 18.0 Å². The number of carbonyl (C=O) groups excluding carboxylic acids is 1. The van der Waals surface area contributed by atoms with Crippen molar-refractivity contribution in [3.05, 3.63) is 17.5 Å². The molecule has 0 aliphatic carbocycles. The molecule has 0 spiro atoms. The molecule has 0 saturated carbocycles. The first-order chi connectivity index (χ1) is 9.27. The van der Waals surface area contributed by atoms with E-state index in [0.29, 0.717) is 6.42 Å². The van der Waals surface area contributed by atoms with Gasteiger partial charge in [0.05, 0.1) is 0 Å². The Hall–Kier alpha value is -1.57. The number of H-pyrrole nitrogens is 1. The minimum absolute atomic E-state index is 0.00938. The fraction of sp³-hybridized carbons (Fsp3) is 0.667. The second kappa shape index (κ2) is 5.43. The van der Waals surface area contributed by atoms with Crippen molar-refractivity contribution in [2.45, 2.75) is 38.0 Å². The van der Waals surface area contributed by atoms with Crippen molar-refractivity contribution in [3.8, 4) is 0 Å². The third-order valence-electron chi connectivity index (χ3n) is 3.48. The van der Waals surface area contributed by atoms with E-state index in [0.717, 1.165) is 5.69 Å². The maximum absolute atomic E-state index is 12.7. The molecule has 1 amide bonds. The lowest BCUT2D eigenvalue weighted by Gasteiger charge is -2.38. The van der Waals surface area contributed by atoms with E-state index in [4.69, 9.17) is 0 Å². The van der Waals surface area contributed by atoms with Gasteiger partial charge in [-0.15, -0.1) is 0 Å². The van der Waals surface area contributed by atoms with Gasteiger partial charge in [0, 0.05) is 18.3 Å². The molecule has 1 fully saturated rings. The van der Waals surface area contributed by atoms with Crippen molar-refractivity contribution < 1.29 is 18.0 Å². The van der Waals surface area contributed by atoms with E-state index < -0.39 is 12.2 Å². The number of aromatic nitrogens is 2. The third-order valence-corrected chi connectivity index (χ3v) is 3.48. The number of alkyl halides is 3. The molecule has 0 bridgehead atoms. The van der Waals surface area contributed by atoms with Crippen LogP contribution in [0.4, 0.5) is 13.2 Å². The summed E-state index contributed by atoms with van der Waals surface area (Å²) in [6, 6.07) is -0.119. The Morgan fingerprint density at radius 1 is 1.50 bits per heavy atom. The van der Waals surface area contributed by atoms with Crippen molar-refractivity contribution in [2.24, 2.45) is 0 Å². The maximum Gasteiger partial charge on any atom is 0.404 e. The summed E-state index contributed by atoms with van der Waals surface area (Å²) < 4.78 is 38.1. The highest BCUT2D eigenvalue weighted by atomic mass is 19.4. The van der Waals surface area contributed by atoms with Crippen LogP contribution in [-0.4, -0.2) is 52.9 Å². The summed E-state index contributed by atoms with van der Waals surface area (Å²) in [5.41, 5.74) is 1.01. The number of hydrogen-bond acceptors (Lipinski definition) is 3. The highest BCUT2D eigenvalue weighted by molar-refractivity contribution is 5.92. The number of nitrogens with zero attached hydrogens (tertiary/aromatic N) is 2. The number of aryl methyl sites for hydroxylation is 1. The molecule has 2 heterocycles. The molecule has 20 heavy (non-hydrogen) atoms. The second-order valence-corrected chi connectivity index (χ2v) is 5.18. The molecule has 5 nitrogen and oxygen atoms in total. The van der Waals surface area contributed by atoms with Crippen LogP contribution in [0.3, 0.4) is 0 Å². The van der Waals surface area contributed by atoms with Crippen molar-refractivity contribution in [3.63, 3.8) is 0 Å². The van der Waals surface area contributed by atoms with Gasteiger partial charge in [0.1, 0.15) is 11.7 Å². The van der Waals surface area contributed by atoms with Crippen molar-refractivity contribution in [1.82, 2.24) is 20.4 Å². The van der Waals surface area contributed by atoms with Gasteiger partial charge in [-0.05, 0) is 32.9 Å². The van der Waals surface area contributed by atoms with Crippen LogP contribution in [0.5, 0.6) is 0 Å². The van der Waals surface area contributed by atoms with Crippen LogP contribution < -0.4 is 5.32 Å². The van der Waals surface area contributed by atoms with E-state index in [1.807, 2.05) is 0 Å². The summed E-state index contributed by atoms with van der Waals surface area (Å²) in [5, 5.41) is 9.20. The number of carbonyl (C=O) groups is 1. The minimum Gasteiger partial charge on any atom is -0.347 e. The number of nitrogens with one attached hydrogen (secondary N) is 2. The summed E-state index contributed by atoms with van der Waals surface area (Å²) in [6.07, 6.45) is -3.92. The number of hydrogen-bond donors (Lipinski definition) is 2. The number of amides is 1. The number of likely N-dealkylation sites (tertiary alicyclic amines) is 1. The molecule has 1 saturated heterocycles.